The Labute approximate surface area is 207 Å². The molecule has 2 aromatic rings. The topological polar surface area (TPSA) is 53.4 Å². The van der Waals surface area contributed by atoms with Crippen LogP contribution >= 0.6 is 0 Å². The van der Waals surface area contributed by atoms with Crippen LogP contribution in [0.1, 0.15) is 20.3 Å². The summed E-state index contributed by atoms with van der Waals surface area (Å²) in [5.41, 5.74) is 1.68. The van der Waals surface area contributed by atoms with Crippen molar-refractivity contribution in [1.29, 1.82) is 0 Å². The van der Waals surface area contributed by atoms with Crippen LogP contribution in [0.2, 0.25) is 0 Å². The molecule has 1 aliphatic rings. The van der Waals surface area contributed by atoms with Crippen LogP contribution < -0.4 is 9.62 Å². The summed E-state index contributed by atoms with van der Waals surface area (Å²) in [6, 6.07) is 14.0. The van der Waals surface area contributed by atoms with Gasteiger partial charge in [0.15, 0.2) is 0 Å². The van der Waals surface area contributed by atoms with Crippen LogP contribution in [0.3, 0.4) is 0 Å². The fraction of sp³-hybridized carbons (Fsp3) is 0.409. The minimum atomic E-state index is -0.375. The molecule has 1 fully saturated rings. The molecule has 11 heteroatoms. The Morgan fingerprint density at radius 2 is 1.36 bits per heavy atom. The van der Waals surface area contributed by atoms with Crippen LogP contribution in [-0.4, -0.2) is 78.1 Å². The van der Waals surface area contributed by atoms with E-state index in [4.69, 9.17) is 10.2 Å². The molecular formula is C22H31B2F2N4O2Pt-. The van der Waals surface area contributed by atoms with Gasteiger partial charge in [0, 0.05) is 0 Å². The van der Waals surface area contributed by atoms with Crippen LogP contribution in [0.5, 0.6) is 0 Å². The summed E-state index contributed by atoms with van der Waals surface area (Å²) in [6.45, 7) is 3.25. The average molecular weight is 638 g/mol. The number of halogens is 2. The Balaban J connectivity index is 0.000000479. The van der Waals surface area contributed by atoms with E-state index in [-0.39, 0.29) is 37.6 Å². The maximum absolute atomic E-state index is 13.4. The zero-order chi connectivity index (χ0) is 24.9. The molecule has 2 N–H and O–H groups in total. The fourth-order valence-corrected chi connectivity index (χ4v) is 4.88. The fourth-order valence-electron chi connectivity index (χ4n) is 3.71. The van der Waals surface area contributed by atoms with Crippen molar-refractivity contribution in [1.82, 2.24) is 9.62 Å². The summed E-state index contributed by atoms with van der Waals surface area (Å²) in [7, 11) is 8.05. The molecule has 0 saturated carbocycles. The normalized spacial score (nSPS) is 15.9. The molecule has 0 bridgehead atoms. The van der Waals surface area contributed by atoms with Crippen LogP contribution in [0.15, 0.2) is 42.5 Å². The molecule has 33 heavy (non-hydrogen) atoms. The van der Waals surface area contributed by atoms with Crippen molar-refractivity contribution in [3.8, 4) is 0 Å². The van der Waals surface area contributed by atoms with E-state index in [1.165, 1.54) is 24.3 Å². The molecule has 2 unspecified atom stereocenters. The molecule has 3 rings (SSSR count). The van der Waals surface area contributed by atoms with Gasteiger partial charge in [-0.25, -0.2) is 0 Å². The van der Waals surface area contributed by atoms with Crippen molar-refractivity contribution >= 4 is 29.3 Å². The number of aliphatic hydroxyl groups excluding tert-OH is 2. The van der Waals surface area contributed by atoms with Crippen molar-refractivity contribution in [2.24, 2.45) is 0 Å². The molecule has 0 spiro atoms. The van der Waals surface area contributed by atoms with E-state index in [0.29, 0.717) is 6.42 Å². The first-order valence-electron chi connectivity index (χ1n) is 10.6. The predicted octanol–water partition coefficient (Wildman–Crippen LogP) is 2.04. The number of nitrogens with zero attached hydrogens (tertiary/aromatic N) is 4. The van der Waals surface area contributed by atoms with Crippen LogP contribution in [0.25, 0.3) is 0 Å². The molecule has 0 aliphatic carbocycles. The molecule has 0 aromatic heterocycles. The van der Waals surface area contributed by atoms with Gasteiger partial charge in [0.2, 0.25) is 0 Å². The van der Waals surface area contributed by atoms with E-state index in [9.17, 15) is 8.78 Å². The molecule has 2 aromatic carbocycles. The van der Waals surface area contributed by atoms with Crippen LogP contribution in [0, 0.1) is 17.7 Å². The SMILES string of the molecule is CC(O)CC(C)O.CN(C)B1B(N(C)C)N(c2ccc(F)cc2)[C](=[Pt])N1c1[c-]cc(F)cc1. The predicted molar refractivity (Wildman–Crippen MR) is 128 cm³/mol. The van der Waals surface area contributed by atoms with Gasteiger partial charge in [-0.2, -0.15) is 0 Å². The quantitative estimate of drug-likeness (QED) is 0.374. The first-order chi connectivity index (χ1) is 15.4. The van der Waals surface area contributed by atoms with Crippen molar-refractivity contribution in [2.75, 3.05) is 37.8 Å². The molecule has 1 aliphatic heterocycles. The summed E-state index contributed by atoms with van der Waals surface area (Å²) in [5.74, 6) is -0.582. The van der Waals surface area contributed by atoms with E-state index in [2.05, 4.69) is 44.7 Å². The van der Waals surface area contributed by atoms with Crippen LogP contribution in [0.4, 0.5) is 20.2 Å². The summed E-state index contributed by atoms with van der Waals surface area (Å²) in [5, 5.41) is 17.1. The molecule has 1 heterocycles. The molecule has 2 atom stereocenters. The third-order valence-corrected chi connectivity index (χ3v) is 6.12. The zero-order valence-corrected chi connectivity index (χ0v) is 22.1. The van der Waals surface area contributed by atoms with E-state index < -0.39 is 0 Å². The van der Waals surface area contributed by atoms with Crippen molar-refractivity contribution in [3.63, 3.8) is 0 Å². The third-order valence-electron chi connectivity index (χ3n) is 5.03. The summed E-state index contributed by atoms with van der Waals surface area (Å²) in [6.07, 6.45) is -0.278. The van der Waals surface area contributed by atoms with Crippen molar-refractivity contribution in [2.45, 2.75) is 32.5 Å². The monoisotopic (exact) mass is 638 g/mol. The average Bonchev–Trinajstić information content (AvgIpc) is 3.02. The third kappa shape index (κ3) is 7.20. The number of hydrogen-bond donors (Lipinski definition) is 2. The Morgan fingerprint density at radius 1 is 0.879 bits per heavy atom. The summed E-state index contributed by atoms with van der Waals surface area (Å²) < 4.78 is 27.7. The zero-order valence-electron chi connectivity index (χ0n) is 19.8. The molecular weight excluding hydrogens is 607 g/mol. The first-order valence-corrected chi connectivity index (χ1v) is 11.8. The van der Waals surface area contributed by atoms with Gasteiger partial charge >= 0.3 is 165 Å². The number of rotatable bonds is 6. The number of hydrogen-bond acceptors (Lipinski definition) is 6. The molecule has 1 saturated heterocycles. The first kappa shape index (κ1) is 27.7. The van der Waals surface area contributed by atoms with E-state index in [0.717, 1.165) is 15.5 Å². The Morgan fingerprint density at radius 3 is 1.76 bits per heavy atom. The van der Waals surface area contributed by atoms with Crippen molar-refractivity contribution in [3.05, 3.63) is 60.2 Å². The van der Waals surface area contributed by atoms with Gasteiger partial charge in [-0.05, 0) is 20.3 Å². The van der Waals surface area contributed by atoms with Crippen molar-refractivity contribution < 1.29 is 38.3 Å². The Hall–Kier alpha value is -1.57. The van der Waals surface area contributed by atoms with Gasteiger partial charge in [0.25, 0.3) is 0 Å². The second-order valence-corrected chi connectivity index (χ2v) is 9.55. The number of aliphatic hydroxyl groups is 2. The standard InChI is InChI=1S/C17H19B2F2N4.C5H12O2.Pt/c1-22(2)18-19(23(3)4)25(17-11-7-15(21)8-12-17)13-24(18)16-9-5-14(20)6-10-16;1-4(6)3-5(2)7;/h5-11H,1-4H3;4-7H,3H2,1-2H3;/q-1;;. The maximum atomic E-state index is 13.4. The summed E-state index contributed by atoms with van der Waals surface area (Å²) >= 11 is 2.27. The van der Waals surface area contributed by atoms with E-state index in [1.54, 1.807) is 32.0 Å². The van der Waals surface area contributed by atoms with Gasteiger partial charge in [-0.1, -0.05) is 0 Å². The van der Waals surface area contributed by atoms with Gasteiger partial charge in [-0.15, -0.1) is 0 Å². The number of benzene rings is 2. The van der Waals surface area contributed by atoms with Gasteiger partial charge in [0.05, 0.1) is 12.2 Å². The van der Waals surface area contributed by atoms with E-state index in [1.807, 2.05) is 28.2 Å². The second kappa shape index (κ2) is 12.2. The van der Waals surface area contributed by atoms with Gasteiger partial charge in [-0.3, -0.25) is 0 Å². The second-order valence-electron chi connectivity index (χ2n) is 8.54. The van der Waals surface area contributed by atoms with Gasteiger partial charge < -0.3 is 10.2 Å². The van der Waals surface area contributed by atoms with Crippen LogP contribution in [-0.2, 0) is 19.4 Å². The van der Waals surface area contributed by atoms with E-state index >= 15 is 0 Å². The van der Waals surface area contributed by atoms with Gasteiger partial charge in [0.1, 0.15) is 0 Å². The molecule has 6 nitrogen and oxygen atoms in total. The molecule has 0 radical (unpaired) electrons. The summed E-state index contributed by atoms with van der Waals surface area (Å²) in [4.78, 5) is 8.51. The molecule has 182 valence electrons. The Kier molecular flexibility index (Phi) is 10.3. The minimum absolute atomic E-state index is 0.0265. The number of anilines is 2. The Bertz CT molecular complexity index is 831. The molecule has 0 amide bonds.